The summed E-state index contributed by atoms with van der Waals surface area (Å²) in [5, 5.41) is 2.66. The lowest BCUT2D eigenvalue weighted by molar-refractivity contribution is 0.0528. The molecule has 0 radical (unpaired) electrons. The van der Waals surface area contributed by atoms with Crippen molar-refractivity contribution >= 4 is 6.09 Å². The largest absolute Gasteiger partial charge is 0.444 e. The van der Waals surface area contributed by atoms with Crippen molar-refractivity contribution in [2.45, 2.75) is 46.6 Å². The fraction of sp³-hybridized carbons (Fsp3) is 0.667. The number of hydrogen-bond acceptors (Lipinski definition) is 3. The first-order valence-electron chi connectivity index (χ1n) is 5.92. The topological polar surface area (TPSA) is 67.0 Å². The number of H-pyrrole nitrogens is 1. The summed E-state index contributed by atoms with van der Waals surface area (Å²) < 4.78 is 5.08. The molecular formula is C12H23N3O2. The number of imidazole rings is 1. The van der Waals surface area contributed by atoms with Crippen molar-refractivity contribution < 1.29 is 9.53 Å². The molecule has 0 spiro atoms. The quantitative estimate of drug-likeness (QED) is 0.854. The average molecular weight is 241 g/mol. The molecule has 1 amide bonds. The predicted molar refractivity (Wildman–Crippen MR) is 67.9 cm³/mol. The maximum absolute atomic E-state index is 11.2. The third-order valence-corrected chi connectivity index (χ3v) is 1.58. The van der Waals surface area contributed by atoms with Crippen LogP contribution in [0.2, 0.25) is 0 Å². The van der Waals surface area contributed by atoms with Crippen molar-refractivity contribution in [1.82, 2.24) is 15.3 Å². The second-order valence-corrected chi connectivity index (χ2v) is 4.21. The Morgan fingerprint density at radius 2 is 2.12 bits per heavy atom. The summed E-state index contributed by atoms with van der Waals surface area (Å²) in [5.74, 6) is 0.853. The minimum Gasteiger partial charge on any atom is -0.444 e. The van der Waals surface area contributed by atoms with Gasteiger partial charge in [0.25, 0.3) is 0 Å². The SMILES string of the molecule is CC.CC(C)(C)OC(=O)NCCc1ncc[nH]1. The zero-order valence-corrected chi connectivity index (χ0v) is 11.3. The first-order valence-corrected chi connectivity index (χ1v) is 5.92. The van der Waals surface area contributed by atoms with E-state index in [0.717, 1.165) is 5.82 Å². The molecule has 5 nitrogen and oxygen atoms in total. The van der Waals surface area contributed by atoms with Crippen LogP contribution < -0.4 is 5.32 Å². The Labute approximate surface area is 103 Å². The van der Waals surface area contributed by atoms with Crippen LogP contribution in [0, 0.1) is 0 Å². The summed E-state index contributed by atoms with van der Waals surface area (Å²) >= 11 is 0. The number of nitrogens with one attached hydrogen (secondary N) is 2. The highest BCUT2D eigenvalue weighted by Crippen LogP contribution is 2.06. The van der Waals surface area contributed by atoms with E-state index in [0.29, 0.717) is 13.0 Å². The normalized spacial score (nSPS) is 10.2. The molecule has 0 saturated carbocycles. The molecule has 2 N–H and O–H groups in total. The number of ether oxygens (including phenoxy) is 1. The van der Waals surface area contributed by atoms with E-state index >= 15 is 0 Å². The molecule has 1 rings (SSSR count). The molecule has 0 unspecified atom stereocenters. The highest BCUT2D eigenvalue weighted by molar-refractivity contribution is 5.67. The van der Waals surface area contributed by atoms with Gasteiger partial charge in [0.2, 0.25) is 0 Å². The summed E-state index contributed by atoms with van der Waals surface area (Å²) in [6, 6.07) is 0. The Bertz CT molecular complexity index is 302. The van der Waals surface area contributed by atoms with E-state index in [1.54, 1.807) is 12.4 Å². The molecule has 98 valence electrons. The molecule has 0 aliphatic heterocycles. The van der Waals surface area contributed by atoms with Crippen LogP contribution in [0.1, 0.15) is 40.4 Å². The molecule has 1 aromatic rings. The Morgan fingerprint density at radius 1 is 1.47 bits per heavy atom. The van der Waals surface area contributed by atoms with Crippen LogP contribution in [0.4, 0.5) is 4.79 Å². The molecule has 17 heavy (non-hydrogen) atoms. The molecule has 0 bridgehead atoms. The van der Waals surface area contributed by atoms with Crippen molar-refractivity contribution in [1.29, 1.82) is 0 Å². The minimum atomic E-state index is -0.450. The number of carbonyl (C=O) groups is 1. The van der Waals surface area contributed by atoms with Gasteiger partial charge in [0.1, 0.15) is 11.4 Å². The Kier molecular flexibility index (Phi) is 7.02. The zero-order valence-electron chi connectivity index (χ0n) is 11.3. The van der Waals surface area contributed by atoms with Gasteiger partial charge in [-0.05, 0) is 20.8 Å². The first-order chi connectivity index (χ1) is 7.97. The van der Waals surface area contributed by atoms with Gasteiger partial charge >= 0.3 is 6.09 Å². The maximum Gasteiger partial charge on any atom is 0.407 e. The summed E-state index contributed by atoms with van der Waals surface area (Å²) in [6.45, 7) is 10.0. The molecule has 0 aliphatic rings. The summed E-state index contributed by atoms with van der Waals surface area (Å²) in [7, 11) is 0. The van der Waals surface area contributed by atoms with E-state index in [-0.39, 0.29) is 0 Å². The van der Waals surface area contributed by atoms with E-state index in [9.17, 15) is 4.79 Å². The highest BCUT2D eigenvalue weighted by Gasteiger charge is 2.15. The molecular weight excluding hydrogens is 218 g/mol. The van der Waals surface area contributed by atoms with Gasteiger partial charge in [-0.25, -0.2) is 9.78 Å². The van der Waals surface area contributed by atoms with Crippen LogP contribution >= 0.6 is 0 Å². The number of rotatable bonds is 3. The van der Waals surface area contributed by atoms with E-state index in [2.05, 4.69) is 15.3 Å². The molecule has 5 heteroatoms. The Balaban J connectivity index is 0.00000121. The van der Waals surface area contributed by atoms with Crippen LogP contribution in [0.3, 0.4) is 0 Å². The van der Waals surface area contributed by atoms with Gasteiger partial charge in [0.05, 0.1) is 0 Å². The lowest BCUT2D eigenvalue weighted by Crippen LogP contribution is -2.33. The summed E-state index contributed by atoms with van der Waals surface area (Å²) in [4.78, 5) is 18.2. The van der Waals surface area contributed by atoms with Gasteiger partial charge in [-0.2, -0.15) is 0 Å². The Hall–Kier alpha value is -1.52. The molecule has 0 aliphatic carbocycles. The van der Waals surface area contributed by atoms with E-state index in [1.165, 1.54) is 0 Å². The smallest absolute Gasteiger partial charge is 0.407 e. The van der Waals surface area contributed by atoms with Gasteiger partial charge in [-0.1, -0.05) is 13.8 Å². The van der Waals surface area contributed by atoms with E-state index in [1.807, 2.05) is 34.6 Å². The lowest BCUT2D eigenvalue weighted by atomic mass is 10.2. The third kappa shape index (κ3) is 8.30. The van der Waals surface area contributed by atoms with Crippen molar-refractivity contribution in [3.63, 3.8) is 0 Å². The second-order valence-electron chi connectivity index (χ2n) is 4.21. The number of aromatic amines is 1. The van der Waals surface area contributed by atoms with Gasteiger partial charge in [0, 0.05) is 25.4 Å². The van der Waals surface area contributed by atoms with Gasteiger partial charge in [-0.3, -0.25) is 0 Å². The monoisotopic (exact) mass is 241 g/mol. The van der Waals surface area contributed by atoms with Gasteiger partial charge in [0.15, 0.2) is 0 Å². The third-order valence-electron chi connectivity index (χ3n) is 1.58. The van der Waals surface area contributed by atoms with Crippen molar-refractivity contribution in [2.24, 2.45) is 0 Å². The van der Waals surface area contributed by atoms with Gasteiger partial charge in [-0.15, -0.1) is 0 Å². The molecule has 0 atom stereocenters. The summed E-state index contributed by atoms with van der Waals surface area (Å²) in [6.07, 6.45) is 3.71. The maximum atomic E-state index is 11.2. The number of amides is 1. The van der Waals surface area contributed by atoms with Crippen LogP contribution in [0.15, 0.2) is 12.4 Å². The zero-order chi connectivity index (χ0) is 13.3. The van der Waals surface area contributed by atoms with Crippen LogP contribution in [0.25, 0.3) is 0 Å². The molecule has 0 aromatic carbocycles. The van der Waals surface area contributed by atoms with Crippen LogP contribution in [-0.2, 0) is 11.2 Å². The standard InChI is InChI=1S/C10H17N3O2.C2H6/c1-10(2,3)15-9(14)13-5-4-8-11-6-7-12-8;1-2/h6-7H,4-5H2,1-3H3,(H,11,12)(H,13,14);1-2H3. The number of nitrogens with zero attached hydrogens (tertiary/aromatic N) is 1. The van der Waals surface area contributed by atoms with E-state index in [4.69, 9.17) is 4.74 Å². The molecule has 1 aromatic heterocycles. The first kappa shape index (κ1) is 15.5. The van der Waals surface area contributed by atoms with Gasteiger partial charge < -0.3 is 15.0 Å². The minimum absolute atomic E-state index is 0.394. The fourth-order valence-corrected chi connectivity index (χ4v) is 1.03. The van der Waals surface area contributed by atoms with Crippen LogP contribution in [-0.4, -0.2) is 28.2 Å². The van der Waals surface area contributed by atoms with Crippen molar-refractivity contribution in [3.05, 3.63) is 18.2 Å². The van der Waals surface area contributed by atoms with Crippen LogP contribution in [0.5, 0.6) is 0 Å². The highest BCUT2D eigenvalue weighted by atomic mass is 16.6. The second kappa shape index (κ2) is 7.70. The van der Waals surface area contributed by atoms with Crippen molar-refractivity contribution in [3.8, 4) is 0 Å². The molecule has 1 heterocycles. The number of hydrogen-bond donors (Lipinski definition) is 2. The number of aromatic nitrogens is 2. The fourth-order valence-electron chi connectivity index (χ4n) is 1.03. The summed E-state index contributed by atoms with van der Waals surface area (Å²) in [5.41, 5.74) is -0.450. The lowest BCUT2D eigenvalue weighted by Gasteiger charge is -2.19. The van der Waals surface area contributed by atoms with Crippen molar-refractivity contribution in [2.75, 3.05) is 6.54 Å². The number of carbonyl (C=O) groups excluding carboxylic acids is 1. The average Bonchev–Trinajstić information content (AvgIpc) is 2.71. The molecule has 0 saturated heterocycles. The predicted octanol–water partition coefficient (Wildman–Crippen LogP) is 2.50. The number of alkyl carbamates (subject to hydrolysis) is 1. The molecule has 0 fully saturated rings. The van der Waals surface area contributed by atoms with E-state index < -0.39 is 11.7 Å². The Morgan fingerprint density at radius 3 is 2.59 bits per heavy atom.